The van der Waals surface area contributed by atoms with Crippen molar-refractivity contribution in [3.8, 4) is 0 Å². The van der Waals surface area contributed by atoms with Crippen LogP contribution in [0.4, 0.5) is 13.2 Å². The molecule has 0 unspecified atom stereocenters. The Morgan fingerprint density at radius 1 is 1.14 bits per heavy atom. The van der Waals surface area contributed by atoms with Gasteiger partial charge in [-0.2, -0.15) is 13.2 Å². The number of sulfone groups is 1. The van der Waals surface area contributed by atoms with Crippen LogP contribution >= 0.6 is 24.0 Å². The van der Waals surface area contributed by atoms with Crippen molar-refractivity contribution in [3.63, 3.8) is 0 Å². The number of aliphatic imine (C=N–C) groups is 1. The molecule has 0 aromatic heterocycles. The van der Waals surface area contributed by atoms with Crippen LogP contribution in [-0.2, 0) is 22.6 Å². The highest BCUT2D eigenvalue weighted by molar-refractivity contribution is 14.0. The molecule has 0 aliphatic carbocycles. The molecule has 0 saturated carbocycles. The zero-order chi connectivity index (χ0) is 20.9. The maximum atomic E-state index is 12.6. The van der Waals surface area contributed by atoms with Crippen LogP contribution in [0.25, 0.3) is 0 Å². The molecule has 0 atom stereocenters. The standard InChI is InChI=1S/C18H28F3N3O2S.HI/c1-6-22-16(23-11-12-27(25,26)17(2,3)4)24(5)13-14-7-9-15(10-8-14)18(19,20)21;/h7-10H,6,11-13H2,1-5H3,(H,22,23);1H. The second kappa shape index (κ2) is 10.7. The largest absolute Gasteiger partial charge is 0.416 e. The molecule has 1 rings (SSSR count). The Morgan fingerprint density at radius 3 is 2.11 bits per heavy atom. The van der Waals surface area contributed by atoms with E-state index in [0.717, 1.165) is 12.1 Å². The van der Waals surface area contributed by atoms with E-state index in [-0.39, 0.29) is 36.3 Å². The predicted octanol–water partition coefficient (Wildman–Crippen LogP) is 3.93. The molecule has 162 valence electrons. The minimum Gasteiger partial charge on any atom is -0.357 e. The van der Waals surface area contributed by atoms with E-state index in [0.29, 0.717) is 24.6 Å². The molecule has 0 saturated heterocycles. The highest BCUT2D eigenvalue weighted by atomic mass is 127. The number of hydrogen-bond acceptors (Lipinski definition) is 3. The van der Waals surface area contributed by atoms with Crippen LogP contribution in [0.15, 0.2) is 29.3 Å². The van der Waals surface area contributed by atoms with Gasteiger partial charge >= 0.3 is 6.18 Å². The first-order chi connectivity index (χ1) is 12.3. The molecule has 0 aliphatic rings. The molecule has 10 heteroatoms. The zero-order valence-electron chi connectivity index (χ0n) is 16.8. The third-order valence-electron chi connectivity index (χ3n) is 3.95. The molecule has 0 heterocycles. The number of rotatable bonds is 6. The van der Waals surface area contributed by atoms with E-state index in [1.807, 2.05) is 6.92 Å². The van der Waals surface area contributed by atoms with Crippen LogP contribution in [0.2, 0.25) is 0 Å². The lowest BCUT2D eigenvalue weighted by atomic mass is 10.1. The number of hydrogen-bond donors (Lipinski definition) is 1. The third-order valence-corrected chi connectivity index (χ3v) is 6.54. The van der Waals surface area contributed by atoms with Gasteiger partial charge in [-0.3, -0.25) is 4.99 Å². The molecule has 5 nitrogen and oxygen atoms in total. The molecule has 1 aromatic carbocycles. The van der Waals surface area contributed by atoms with E-state index in [9.17, 15) is 21.6 Å². The molecule has 0 fully saturated rings. The Balaban J connectivity index is 0.00000729. The van der Waals surface area contributed by atoms with Crippen LogP contribution in [-0.4, -0.2) is 49.9 Å². The smallest absolute Gasteiger partial charge is 0.357 e. The van der Waals surface area contributed by atoms with E-state index < -0.39 is 26.3 Å². The first-order valence-electron chi connectivity index (χ1n) is 8.66. The van der Waals surface area contributed by atoms with Crippen LogP contribution in [0.3, 0.4) is 0 Å². The Bertz CT molecular complexity index is 743. The highest BCUT2D eigenvalue weighted by Crippen LogP contribution is 2.29. The molecular weight excluding hydrogens is 506 g/mol. The lowest BCUT2D eigenvalue weighted by Crippen LogP contribution is -2.39. The number of alkyl halides is 3. The first kappa shape index (κ1) is 27.0. The number of nitrogens with zero attached hydrogens (tertiary/aromatic N) is 2. The number of guanidine groups is 1. The van der Waals surface area contributed by atoms with Gasteiger partial charge in [0.25, 0.3) is 0 Å². The van der Waals surface area contributed by atoms with Gasteiger partial charge in [0, 0.05) is 20.1 Å². The van der Waals surface area contributed by atoms with Crippen LogP contribution in [0, 0.1) is 0 Å². The monoisotopic (exact) mass is 535 g/mol. The number of benzene rings is 1. The quantitative estimate of drug-likeness (QED) is 0.341. The lowest BCUT2D eigenvalue weighted by molar-refractivity contribution is -0.137. The van der Waals surface area contributed by atoms with Crippen molar-refractivity contribution in [2.75, 3.05) is 25.9 Å². The summed E-state index contributed by atoms with van der Waals surface area (Å²) in [4.78, 5) is 6.08. The SMILES string of the molecule is CCNC(=NCCS(=O)(=O)C(C)(C)C)N(C)Cc1ccc(C(F)(F)F)cc1.I. The van der Waals surface area contributed by atoms with Crippen molar-refractivity contribution in [2.45, 2.75) is 45.2 Å². The fourth-order valence-electron chi connectivity index (χ4n) is 2.20. The molecule has 0 radical (unpaired) electrons. The Hall–Kier alpha value is -1.04. The molecule has 0 aliphatic heterocycles. The fraction of sp³-hybridized carbons (Fsp3) is 0.611. The summed E-state index contributed by atoms with van der Waals surface area (Å²) >= 11 is 0. The minimum absolute atomic E-state index is 0. The summed E-state index contributed by atoms with van der Waals surface area (Å²) in [6.07, 6.45) is -4.36. The summed E-state index contributed by atoms with van der Waals surface area (Å²) in [5, 5.41) is 3.06. The summed E-state index contributed by atoms with van der Waals surface area (Å²) in [5.41, 5.74) is 0.000259. The first-order valence-corrected chi connectivity index (χ1v) is 10.3. The van der Waals surface area contributed by atoms with Crippen LogP contribution in [0.1, 0.15) is 38.8 Å². The topological polar surface area (TPSA) is 61.8 Å². The lowest BCUT2D eigenvalue weighted by Gasteiger charge is -2.23. The number of nitrogens with one attached hydrogen (secondary N) is 1. The maximum Gasteiger partial charge on any atom is 0.416 e. The summed E-state index contributed by atoms with van der Waals surface area (Å²) in [6.45, 7) is 7.86. The summed E-state index contributed by atoms with van der Waals surface area (Å²) in [6, 6.07) is 4.94. The van der Waals surface area contributed by atoms with E-state index in [1.165, 1.54) is 12.1 Å². The van der Waals surface area contributed by atoms with Crippen molar-refractivity contribution in [3.05, 3.63) is 35.4 Å². The van der Waals surface area contributed by atoms with Crippen LogP contribution in [0.5, 0.6) is 0 Å². The van der Waals surface area contributed by atoms with Crippen molar-refractivity contribution in [1.82, 2.24) is 10.2 Å². The van der Waals surface area contributed by atoms with Gasteiger partial charge in [0.15, 0.2) is 15.8 Å². The van der Waals surface area contributed by atoms with Crippen molar-refractivity contribution in [1.29, 1.82) is 0 Å². The van der Waals surface area contributed by atoms with Crippen molar-refractivity contribution >= 4 is 39.8 Å². The van der Waals surface area contributed by atoms with Gasteiger partial charge in [0.05, 0.1) is 22.6 Å². The average molecular weight is 535 g/mol. The second-order valence-corrected chi connectivity index (χ2v) is 10.1. The van der Waals surface area contributed by atoms with E-state index in [2.05, 4.69) is 10.3 Å². The maximum absolute atomic E-state index is 12.6. The van der Waals surface area contributed by atoms with Gasteiger partial charge in [0.2, 0.25) is 0 Å². The molecule has 1 N–H and O–H groups in total. The third kappa shape index (κ3) is 8.14. The van der Waals surface area contributed by atoms with Gasteiger partial charge < -0.3 is 10.2 Å². The number of halogens is 4. The van der Waals surface area contributed by atoms with E-state index in [1.54, 1.807) is 32.7 Å². The summed E-state index contributed by atoms with van der Waals surface area (Å²) in [7, 11) is -1.52. The van der Waals surface area contributed by atoms with Crippen LogP contribution < -0.4 is 5.32 Å². The average Bonchev–Trinajstić information content (AvgIpc) is 2.52. The van der Waals surface area contributed by atoms with Gasteiger partial charge in [0.1, 0.15) is 0 Å². The molecule has 1 aromatic rings. The molecule has 0 bridgehead atoms. The fourth-order valence-corrected chi connectivity index (χ4v) is 3.14. The minimum atomic E-state index is -4.36. The molecular formula is C18H29F3IN3O2S. The van der Waals surface area contributed by atoms with E-state index in [4.69, 9.17) is 0 Å². The van der Waals surface area contributed by atoms with Gasteiger partial charge in [-0.1, -0.05) is 12.1 Å². The second-order valence-electron chi connectivity index (χ2n) is 7.22. The van der Waals surface area contributed by atoms with Gasteiger partial charge in [-0.05, 0) is 45.4 Å². The summed E-state index contributed by atoms with van der Waals surface area (Å²) < 4.78 is 61.4. The Kier molecular flexibility index (Phi) is 10.3. The summed E-state index contributed by atoms with van der Waals surface area (Å²) in [5.74, 6) is 0.431. The Labute approximate surface area is 182 Å². The molecule has 0 spiro atoms. The Morgan fingerprint density at radius 2 is 1.68 bits per heavy atom. The van der Waals surface area contributed by atoms with Gasteiger partial charge in [-0.25, -0.2) is 8.42 Å². The van der Waals surface area contributed by atoms with Crippen molar-refractivity contribution < 1.29 is 21.6 Å². The highest BCUT2D eigenvalue weighted by Gasteiger charge is 2.30. The van der Waals surface area contributed by atoms with Crippen molar-refractivity contribution in [2.24, 2.45) is 4.99 Å². The normalized spacial score (nSPS) is 13.1. The molecule has 0 amide bonds. The predicted molar refractivity (Wildman–Crippen MR) is 118 cm³/mol. The zero-order valence-corrected chi connectivity index (χ0v) is 19.9. The molecule has 28 heavy (non-hydrogen) atoms. The van der Waals surface area contributed by atoms with E-state index >= 15 is 0 Å². The van der Waals surface area contributed by atoms with Gasteiger partial charge in [-0.15, -0.1) is 24.0 Å².